The number of benzene rings is 3. The Morgan fingerprint density at radius 1 is 1.00 bits per heavy atom. The number of H-pyrrole nitrogens is 1. The van der Waals surface area contributed by atoms with Crippen molar-refractivity contribution in [2.75, 3.05) is 5.32 Å². The van der Waals surface area contributed by atoms with Crippen molar-refractivity contribution >= 4 is 33.9 Å². The molecule has 0 radical (unpaired) electrons. The minimum Gasteiger partial charge on any atom is -0.337 e. The lowest BCUT2D eigenvalue weighted by molar-refractivity contribution is 0.401. The average Bonchev–Trinajstić information content (AvgIpc) is 2.74. The molecule has 1 heterocycles. The maximum atomic E-state index is 12.5. The van der Waals surface area contributed by atoms with Gasteiger partial charge in [0.05, 0.1) is 17.4 Å². The van der Waals surface area contributed by atoms with E-state index in [1.807, 2.05) is 72.5 Å². The van der Waals surface area contributed by atoms with E-state index in [1.54, 1.807) is 6.07 Å². The molecule has 0 bridgehead atoms. The quantitative estimate of drug-likeness (QED) is 0.466. The van der Waals surface area contributed by atoms with Crippen LogP contribution in [0.25, 0.3) is 10.9 Å². The number of nitrogens with zero attached hydrogens (tertiary/aromatic N) is 2. The van der Waals surface area contributed by atoms with Gasteiger partial charge in [-0.15, -0.1) is 0 Å². The van der Waals surface area contributed by atoms with Gasteiger partial charge in [-0.3, -0.25) is 4.79 Å². The molecule has 0 atom stereocenters. The summed E-state index contributed by atoms with van der Waals surface area (Å²) in [6.07, 6.45) is 0. The standard InChI is InChI=1S/C24H22N4OS/c1-17-8-7-11-19(14-17)25-24(30)28(15-18-9-3-2-4-10-18)16-22-26-21-13-6-5-12-20(21)23(29)27-22/h2-14H,15-16H2,1H3,(H,25,30)(H,26,27,29). The van der Waals surface area contributed by atoms with Gasteiger partial charge in [0.15, 0.2) is 5.11 Å². The normalized spacial score (nSPS) is 10.7. The average molecular weight is 415 g/mol. The number of nitrogens with one attached hydrogen (secondary N) is 2. The molecule has 4 rings (SSSR count). The van der Waals surface area contributed by atoms with Crippen molar-refractivity contribution in [1.29, 1.82) is 0 Å². The van der Waals surface area contributed by atoms with Crippen LogP contribution in [-0.4, -0.2) is 20.0 Å². The molecule has 2 N–H and O–H groups in total. The van der Waals surface area contributed by atoms with Crippen molar-refractivity contribution in [2.45, 2.75) is 20.0 Å². The van der Waals surface area contributed by atoms with Crippen LogP contribution < -0.4 is 10.9 Å². The Morgan fingerprint density at radius 2 is 1.77 bits per heavy atom. The summed E-state index contributed by atoms with van der Waals surface area (Å²) in [5.74, 6) is 0.572. The Bertz CT molecular complexity index is 1240. The molecule has 0 aliphatic heterocycles. The molecule has 3 aromatic carbocycles. The Kier molecular flexibility index (Phi) is 5.86. The van der Waals surface area contributed by atoms with Gasteiger partial charge in [0, 0.05) is 12.2 Å². The number of anilines is 1. The zero-order valence-corrected chi connectivity index (χ0v) is 17.4. The van der Waals surface area contributed by atoms with Crippen molar-refractivity contribution in [3.8, 4) is 0 Å². The van der Waals surface area contributed by atoms with Gasteiger partial charge in [-0.2, -0.15) is 0 Å². The highest BCUT2D eigenvalue weighted by molar-refractivity contribution is 7.80. The lowest BCUT2D eigenvalue weighted by atomic mass is 10.2. The van der Waals surface area contributed by atoms with Gasteiger partial charge in [0.1, 0.15) is 5.82 Å². The summed E-state index contributed by atoms with van der Waals surface area (Å²) in [7, 11) is 0. The number of aromatic amines is 1. The Morgan fingerprint density at radius 3 is 2.57 bits per heavy atom. The van der Waals surface area contributed by atoms with Gasteiger partial charge in [0.25, 0.3) is 5.56 Å². The Balaban J connectivity index is 1.63. The topological polar surface area (TPSA) is 61.0 Å². The van der Waals surface area contributed by atoms with Crippen LogP contribution in [0.3, 0.4) is 0 Å². The molecule has 4 aromatic rings. The fourth-order valence-electron chi connectivity index (χ4n) is 3.32. The minimum atomic E-state index is -0.146. The van der Waals surface area contributed by atoms with E-state index in [1.165, 1.54) is 0 Å². The van der Waals surface area contributed by atoms with Crippen LogP contribution in [0.4, 0.5) is 5.69 Å². The lowest BCUT2D eigenvalue weighted by Crippen LogP contribution is -2.35. The van der Waals surface area contributed by atoms with E-state index >= 15 is 0 Å². The van der Waals surface area contributed by atoms with Gasteiger partial charge in [0.2, 0.25) is 0 Å². The van der Waals surface area contributed by atoms with E-state index in [0.717, 1.165) is 16.8 Å². The predicted molar refractivity (Wildman–Crippen MR) is 125 cm³/mol. The molecule has 0 saturated carbocycles. The second-order valence-electron chi connectivity index (χ2n) is 7.17. The number of aromatic nitrogens is 2. The molecule has 0 fully saturated rings. The van der Waals surface area contributed by atoms with Crippen molar-refractivity contribution < 1.29 is 0 Å². The Labute approximate surface area is 180 Å². The number of aryl methyl sites for hydroxylation is 1. The molecule has 0 aliphatic rings. The first-order valence-corrected chi connectivity index (χ1v) is 10.1. The summed E-state index contributed by atoms with van der Waals surface area (Å²) in [5.41, 5.74) is 3.73. The molecular formula is C24H22N4OS. The monoisotopic (exact) mass is 414 g/mol. The lowest BCUT2D eigenvalue weighted by Gasteiger charge is -2.26. The highest BCUT2D eigenvalue weighted by Crippen LogP contribution is 2.15. The molecule has 6 heteroatoms. The van der Waals surface area contributed by atoms with Crippen molar-refractivity contribution in [1.82, 2.24) is 14.9 Å². The van der Waals surface area contributed by atoms with Crippen LogP contribution in [0.2, 0.25) is 0 Å². The largest absolute Gasteiger partial charge is 0.337 e. The third-order valence-electron chi connectivity index (χ3n) is 4.78. The molecule has 0 unspecified atom stereocenters. The molecule has 0 spiro atoms. The summed E-state index contributed by atoms with van der Waals surface area (Å²) < 4.78 is 0. The van der Waals surface area contributed by atoms with Gasteiger partial charge in [-0.25, -0.2) is 4.98 Å². The number of fused-ring (bicyclic) bond motifs is 1. The van der Waals surface area contributed by atoms with Crippen LogP contribution >= 0.6 is 12.2 Å². The molecular weight excluding hydrogens is 392 g/mol. The predicted octanol–water partition coefficient (Wildman–Crippen LogP) is 4.63. The van der Waals surface area contributed by atoms with E-state index in [2.05, 4.69) is 27.4 Å². The SMILES string of the molecule is Cc1cccc(NC(=S)N(Cc2ccccc2)Cc2nc3ccccc3c(=O)[nH]2)c1. The van der Waals surface area contributed by atoms with Crippen LogP contribution in [0.15, 0.2) is 83.7 Å². The smallest absolute Gasteiger partial charge is 0.258 e. The van der Waals surface area contributed by atoms with E-state index in [0.29, 0.717) is 34.9 Å². The number of thiocarbonyl (C=S) groups is 1. The molecule has 0 saturated heterocycles. The van der Waals surface area contributed by atoms with Gasteiger partial charge in [-0.1, -0.05) is 54.6 Å². The first-order chi connectivity index (χ1) is 14.6. The maximum absolute atomic E-state index is 12.5. The zero-order valence-electron chi connectivity index (χ0n) is 16.6. The molecule has 0 amide bonds. The summed E-state index contributed by atoms with van der Waals surface area (Å²) in [6, 6.07) is 25.5. The number of rotatable bonds is 5. The van der Waals surface area contributed by atoms with Crippen LogP contribution in [0.1, 0.15) is 17.0 Å². The molecule has 150 valence electrons. The molecule has 0 aliphatic carbocycles. The molecule has 5 nitrogen and oxygen atoms in total. The summed E-state index contributed by atoms with van der Waals surface area (Å²) in [4.78, 5) is 22.0. The minimum absolute atomic E-state index is 0.146. The van der Waals surface area contributed by atoms with Crippen LogP contribution in [0, 0.1) is 6.92 Å². The number of hydrogen-bond acceptors (Lipinski definition) is 3. The Hall–Kier alpha value is -3.51. The maximum Gasteiger partial charge on any atom is 0.258 e. The van der Waals surface area contributed by atoms with Gasteiger partial charge < -0.3 is 15.2 Å². The highest BCUT2D eigenvalue weighted by Gasteiger charge is 2.14. The van der Waals surface area contributed by atoms with E-state index in [-0.39, 0.29) is 5.56 Å². The van der Waals surface area contributed by atoms with E-state index in [9.17, 15) is 4.79 Å². The van der Waals surface area contributed by atoms with Crippen molar-refractivity contribution in [3.63, 3.8) is 0 Å². The second-order valence-corrected chi connectivity index (χ2v) is 7.56. The van der Waals surface area contributed by atoms with Gasteiger partial charge >= 0.3 is 0 Å². The summed E-state index contributed by atoms with van der Waals surface area (Å²) in [5, 5.41) is 4.46. The summed E-state index contributed by atoms with van der Waals surface area (Å²) in [6.45, 7) is 3.02. The van der Waals surface area contributed by atoms with E-state index < -0.39 is 0 Å². The van der Waals surface area contributed by atoms with Crippen LogP contribution in [-0.2, 0) is 13.1 Å². The van der Waals surface area contributed by atoms with Crippen molar-refractivity contribution in [3.05, 3.63) is 106 Å². The zero-order chi connectivity index (χ0) is 20.9. The fraction of sp³-hybridized carbons (Fsp3) is 0.125. The second kappa shape index (κ2) is 8.88. The van der Waals surface area contributed by atoms with Crippen LogP contribution in [0.5, 0.6) is 0 Å². The highest BCUT2D eigenvalue weighted by atomic mass is 32.1. The number of hydrogen-bond donors (Lipinski definition) is 2. The third-order valence-corrected chi connectivity index (χ3v) is 5.14. The summed E-state index contributed by atoms with van der Waals surface area (Å²) >= 11 is 5.72. The first-order valence-electron chi connectivity index (χ1n) is 9.73. The van der Waals surface area contributed by atoms with Crippen molar-refractivity contribution in [2.24, 2.45) is 0 Å². The number of para-hydroxylation sites is 1. The third kappa shape index (κ3) is 4.72. The fourth-order valence-corrected chi connectivity index (χ4v) is 3.57. The first kappa shape index (κ1) is 19.8. The molecule has 30 heavy (non-hydrogen) atoms. The van der Waals surface area contributed by atoms with E-state index in [4.69, 9.17) is 12.2 Å². The molecule has 1 aromatic heterocycles. The van der Waals surface area contributed by atoms with Gasteiger partial charge in [-0.05, 0) is 54.5 Å².